The van der Waals surface area contributed by atoms with Crippen LogP contribution >= 0.6 is 45.2 Å². The van der Waals surface area contributed by atoms with Crippen LogP contribution in [0.25, 0.3) is 11.3 Å². The van der Waals surface area contributed by atoms with E-state index in [2.05, 4.69) is 60.5 Å². The fourth-order valence-corrected chi connectivity index (χ4v) is 3.59. The molecule has 4 nitrogen and oxygen atoms in total. The minimum absolute atomic E-state index is 0.0114. The van der Waals surface area contributed by atoms with Gasteiger partial charge < -0.3 is 5.32 Å². The van der Waals surface area contributed by atoms with Gasteiger partial charge in [-0.1, -0.05) is 6.07 Å². The maximum Gasteiger partial charge on any atom is 0.433 e. The highest BCUT2D eigenvalue weighted by atomic mass is 127. The summed E-state index contributed by atoms with van der Waals surface area (Å²) in [7, 11) is 0. The third-order valence-corrected chi connectivity index (χ3v) is 5.38. The Morgan fingerprint density at radius 3 is 2.43 bits per heavy atom. The van der Waals surface area contributed by atoms with Crippen molar-refractivity contribution < 1.29 is 18.0 Å². The molecule has 0 aliphatic heterocycles. The first-order valence-corrected chi connectivity index (χ1v) is 10.1. The number of alkyl halides is 3. The Balaban J connectivity index is 1.88. The second-order valence-corrected chi connectivity index (χ2v) is 8.09. The van der Waals surface area contributed by atoms with Gasteiger partial charge in [-0.3, -0.25) is 4.79 Å². The number of anilines is 1. The predicted molar refractivity (Wildman–Crippen MR) is 117 cm³/mol. The summed E-state index contributed by atoms with van der Waals surface area (Å²) in [5, 5.41) is 2.72. The molecule has 9 heteroatoms. The molecule has 1 amide bonds. The molecule has 0 saturated heterocycles. The van der Waals surface area contributed by atoms with Crippen molar-refractivity contribution in [3.63, 3.8) is 0 Å². The van der Waals surface area contributed by atoms with Gasteiger partial charge in [-0.05, 0) is 94.6 Å². The minimum Gasteiger partial charge on any atom is -0.322 e. The summed E-state index contributed by atoms with van der Waals surface area (Å²) in [6.07, 6.45) is -4.55. The first-order valence-electron chi connectivity index (χ1n) is 7.94. The molecular formula is C19H12F3I2N3O. The van der Waals surface area contributed by atoms with Crippen molar-refractivity contribution in [1.29, 1.82) is 0 Å². The zero-order chi connectivity index (χ0) is 20.5. The normalized spacial score (nSPS) is 11.4. The average molecular weight is 609 g/mol. The monoisotopic (exact) mass is 609 g/mol. The fourth-order valence-electron chi connectivity index (χ4n) is 2.51. The minimum atomic E-state index is -4.55. The topological polar surface area (TPSA) is 54.9 Å². The van der Waals surface area contributed by atoms with Gasteiger partial charge in [0.1, 0.15) is 9.39 Å². The Labute approximate surface area is 186 Å². The van der Waals surface area contributed by atoms with Crippen LogP contribution in [0.4, 0.5) is 18.9 Å². The summed E-state index contributed by atoms with van der Waals surface area (Å²) in [6, 6.07) is 12.9. The van der Waals surface area contributed by atoms with E-state index in [1.165, 1.54) is 6.92 Å². The molecule has 0 bridgehead atoms. The van der Waals surface area contributed by atoms with Crippen LogP contribution in [-0.2, 0) is 6.18 Å². The first kappa shape index (κ1) is 21.0. The third kappa shape index (κ3) is 4.80. The van der Waals surface area contributed by atoms with Crippen LogP contribution in [-0.4, -0.2) is 15.9 Å². The summed E-state index contributed by atoms with van der Waals surface area (Å²) in [6.45, 7) is 1.37. The molecule has 0 atom stereocenters. The third-order valence-electron chi connectivity index (χ3n) is 3.84. The van der Waals surface area contributed by atoms with E-state index in [-0.39, 0.29) is 11.3 Å². The van der Waals surface area contributed by atoms with Crippen LogP contribution < -0.4 is 5.32 Å². The molecule has 2 aromatic heterocycles. The fraction of sp³-hybridized carbons (Fsp3) is 0.105. The largest absolute Gasteiger partial charge is 0.433 e. The maximum atomic E-state index is 12.7. The van der Waals surface area contributed by atoms with Crippen LogP contribution in [0.5, 0.6) is 0 Å². The van der Waals surface area contributed by atoms with E-state index in [4.69, 9.17) is 0 Å². The number of amides is 1. The molecule has 1 aromatic carbocycles. The van der Waals surface area contributed by atoms with Gasteiger partial charge in [0.25, 0.3) is 5.91 Å². The van der Waals surface area contributed by atoms with Crippen molar-refractivity contribution in [2.75, 3.05) is 5.32 Å². The highest BCUT2D eigenvalue weighted by Crippen LogP contribution is 2.29. The Hall–Kier alpha value is -1.76. The van der Waals surface area contributed by atoms with Crippen molar-refractivity contribution in [1.82, 2.24) is 9.97 Å². The highest BCUT2D eigenvalue weighted by molar-refractivity contribution is 14.1. The number of hydrogen-bond acceptors (Lipinski definition) is 3. The summed E-state index contributed by atoms with van der Waals surface area (Å²) in [5.74, 6) is -0.526. The van der Waals surface area contributed by atoms with Crippen molar-refractivity contribution in [3.05, 3.63) is 72.8 Å². The predicted octanol–water partition coefficient (Wildman–Crippen LogP) is 5.93. The molecule has 0 spiro atoms. The number of carbonyl (C=O) groups is 1. The summed E-state index contributed by atoms with van der Waals surface area (Å²) >= 11 is 4.30. The van der Waals surface area contributed by atoms with Crippen LogP contribution in [0.2, 0.25) is 0 Å². The number of pyridine rings is 2. The average Bonchev–Trinajstić information content (AvgIpc) is 2.62. The van der Waals surface area contributed by atoms with Crippen molar-refractivity contribution in [2.45, 2.75) is 13.1 Å². The maximum absolute atomic E-state index is 12.7. The quantitative estimate of drug-likeness (QED) is 0.296. The number of hydrogen-bond donors (Lipinski definition) is 1. The lowest BCUT2D eigenvalue weighted by molar-refractivity contribution is -0.141. The molecule has 0 fully saturated rings. The Bertz CT molecular complexity index is 1050. The lowest BCUT2D eigenvalue weighted by atomic mass is 10.1. The van der Waals surface area contributed by atoms with Gasteiger partial charge in [0.2, 0.25) is 0 Å². The van der Waals surface area contributed by atoms with Crippen LogP contribution in [0.3, 0.4) is 0 Å². The standard InChI is InChI=1S/C19H12F3I2N3O/c1-10-12(6-8-16(25-10)19(20,21)22)18(28)26-11-5-7-14(23)13(9-11)15-3-2-4-17(24)27-15/h2-9H,1H3,(H,26,28). The molecule has 2 heterocycles. The number of nitrogens with one attached hydrogen (secondary N) is 1. The van der Waals surface area contributed by atoms with E-state index in [1.54, 1.807) is 12.1 Å². The summed E-state index contributed by atoms with van der Waals surface area (Å²) in [4.78, 5) is 20.5. The second kappa shape index (κ2) is 8.31. The lowest BCUT2D eigenvalue weighted by Gasteiger charge is -2.12. The van der Waals surface area contributed by atoms with Gasteiger partial charge in [-0.2, -0.15) is 13.2 Å². The Morgan fingerprint density at radius 1 is 1.04 bits per heavy atom. The molecular weight excluding hydrogens is 597 g/mol. The number of halogens is 5. The molecule has 0 unspecified atom stereocenters. The van der Waals surface area contributed by atoms with E-state index in [0.717, 1.165) is 30.7 Å². The van der Waals surface area contributed by atoms with Crippen molar-refractivity contribution in [2.24, 2.45) is 0 Å². The van der Waals surface area contributed by atoms with Crippen molar-refractivity contribution >= 4 is 56.8 Å². The van der Waals surface area contributed by atoms with E-state index in [1.807, 2.05) is 24.3 Å². The second-order valence-electron chi connectivity index (χ2n) is 5.82. The number of carbonyl (C=O) groups excluding carboxylic acids is 1. The Kier molecular flexibility index (Phi) is 6.22. The molecule has 3 rings (SSSR count). The van der Waals surface area contributed by atoms with E-state index < -0.39 is 17.8 Å². The number of aromatic nitrogens is 2. The van der Waals surface area contributed by atoms with Gasteiger partial charge in [0.15, 0.2) is 0 Å². The van der Waals surface area contributed by atoms with Crippen LogP contribution in [0, 0.1) is 14.2 Å². The Morgan fingerprint density at radius 2 is 1.79 bits per heavy atom. The van der Waals surface area contributed by atoms with Crippen LogP contribution in [0.15, 0.2) is 48.5 Å². The van der Waals surface area contributed by atoms with E-state index >= 15 is 0 Å². The molecule has 144 valence electrons. The van der Waals surface area contributed by atoms with E-state index in [9.17, 15) is 18.0 Å². The first-order chi connectivity index (χ1) is 13.1. The van der Waals surface area contributed by atoms with E-state index in [0.29, 0.717) is 5.69 Å². The van der Waals surface area contributed by atoms with Gasteiger partial charge in [-0.15, -0.1) is 0 Å². The van der Waals surface area contributed by atoms with Gasteiger partial charge in [0.05, 0.1) is 17.0 Å². The zero-order valence-corrected chi connectivity index (χ0v) is 18.6. The summed E-state index contributed by atoms with van der Waals surface area (Å²) in [5.41, 5.74) is 1.19. The molecule has 0 radical (unpaired) electrons. The number of benzene rings is 1. The molecule has 28 heavy (non-hydrogen) atoms. The molecule has 0 aliphatic rings. The number of aryl methyl sites for hydroxylation is 1. The molecule has 1 N–H and O–H groups in total. The zero-order valence-electron chi connectivity index (χ0n) is 14.3. The van der Waals surface area contributed by atoms with Crippen molar-refractivity contribution in [3.8, 4) is 11.3 Å². The number of rotatable bonds is 3. The smallest absolute Gasteiger partial charge is 0.322 e. The summed E-state index contributed by atoms with van der Waals surface area (Å²) < 4.78 is 40.0. The van der Waals surface area contributed by atoms with Gasteiger partial charge in [-0.25, -0.2) is 9.97 Å². The lowest BCUT2D eigenvalue weighted by Crippen LogP contribution is -2.16. The molecule has 3 aromatic rings. The van der Waals surface area contributed by atoms with Gasteiger partial charge >= 0.3 is 6.18 Å². The SMILES string of the molecule is Cc1nc(C(F)(F)F)ccc1C(=O)Nc1ccc(I)c(-c2cccc(I)n2)c1. The number of nitrogens with zero attached hydrogens (tertiary/aromatic N) is 2. The molecule has 0 aliphatic carbocycles. The highest BCUT2D eigenvalue weighted by Gasteiger charge is 2.33. The van der Waals surface area contributed by atoms with Gasteiger partial charge in [0, 0.05) is 14.8 Å². The molecule has 0 saturated carbocycles. The van der Waals surface area contributed by atoms with Crippen LogP contribution in [0.1, 0.15) is 21.7 Å².